The summed E-state index contributed by atoms with van der Waals surface area (Å²) < 4.78 is 36.9. The zero-order valence-corrected chi connectivity index (χ0v) is 7.67. The number of nitrogens with zero attached hydrogens (tertiary/aromatic N) is 1. The molecule has 0 saturated carbocycles. The van der Waals surface area contributed by atoms with E-state index < -0.39 is 12.2 Å². The number of hydrogen-bond acceptors (Lipinski definition) is 2. The standard InChI is InChI=1S/C9H11F3N2/c1-2-6-4-3-5-14-7(6)8(13)9(10,11)12/h3-5,8H,2,13H2,1H3. The van der Waals surface area contributed by atoms with Crippen LogP contribution in [-0.2, 0) is 6.42 Å². The van der Waals surface area contributed by atoms with Crippen LogP contribution in [0, 0.1) is 0 Å². The SMILES string of the molecule is CCc1cccnc1C(N)C(F)(F)F. The van der Waals surface area contributed by atoms with E-state index in [1.165, 1.54) is 6.20 Å². The molecule has 1 heterocycles. The summed E-state index contributed by atoms with van der Waals surface area (Å²) in [5.41, 5.74) is 5.52. The highest BCUT2D eigenvalue weighted by Crippen LogP contribution is 2.30. The molecule has 1 aromatic rings. The molecule has 78 valence electrons. The fourth-order valence-corrected chi connectivity index (χ4v) is 1.18. The minimum Gasteiger partial charge on any atom is -0.315 e. The van der Waals surface area contributed by atoms with E-state index in [4.69, 9.17) is 5.73 Å². The van der Waals surface area contributed by atoms with E-state index in [1.54, 1.807) is 19.1 Å². The number of nitrogens with two attached hydrogens (primary N) is 1. The van der Waals surface area contributed by atoms with Gasteiger partial charge in [0.1, 0.15) is 6.04 Å². The topological polar surface area (TPSA) is 38.9 Å². The van der Waals surface area contributed by atoms with Crippen molar-refractivity contribution < 1.29 is 13.2 Å². The van der Waals surface area contributed by atoms with E-state index in [0.29, 0.717) is 12.0 Å². The highest BCUT2D eigenvalue weighted by molar-refractivity contribution is 5.23. The predicted octanol–water partition coefficient (Wildman–Crippen LogP) is 2.21. The van der Waals surface area contributed by atoms with Gasteiger partial charge in [0.25, 0.3) is 0 Å². The van der Waals surface area contributed by atoms with Crippen LogP contribution in [0.4, 0.5) is 13.2 Å². The lowest BCUT2D eigenvalue weighted by molar-refractivity contribution is -0.150. The third-order valence-electron chi connectivity index (χ3n) is 1.95. The molecule has 14 heavy (non-hydrogen) atoms. The van der Waals surface area contributed by atoms with Gasteiger partial charge < -0.3 is 5.73 Å². The maximum Gasteiger partial charge on any atom is 0.409 e. The molecule has 0 saturated heterocycles. The summed E-state index contributed by atoms with van der Waals surface area (Å²) in [4.78, 5) is 3.67. The molecule has 0 bridgehead atoms. The van der Waals surface area contributed by atoms with E-state index in [9.17, 15) is 13.2 Å². The molecule has 1 aromatic heterocycles. The predicted molar refractivity (Wildman–Crippen MR) is 46.6 cm³/mol. The Morgan fingerprint density at radius 1 is 1.50 bits per heavy atom. The summed E-state index contributed by atoms with van der Waals surface area (Å²) in [6.45, 7) is 1.77. The monoisotopic (exact) mass is 204 g/mol. The molecular weight excluding hydrogens is 193 g/mol. The highest BCUT2D eigenvalue weighted by atomic mass is 19.4. The van der Waals surface area contributed by atoms with Gasteiger partial charge in [-0.1, -0.05) is 13.0 Å². The van der Waals surface area contributed by atoms with E-state index in [-0.39, 0.29) is 5.69 Å². The highest BCUT2D eigenvalue weighted by Gasteiger charge is 2.39. The van der Waals surface area contributed by atoms with Crippen LogP contribution < -0.4 is 5.73 Å². The molecule has 1 rings (SSSR count). The number of alkyl halides is 3. The minimum atomic E-state index is -4.43. The van der Waals surface area contributed by atoms with Gasteiger partial charge in [0.15, 0.2) is 0 Å². The lowest BCUT2D eigenvalue weighted by Gasteiger charge is -2.17. The van der Waals surface area contributed by atoms with Crippen LogP contribution in [0.5, 0.6) is 0 Å². The van der Waals surface area contributed by atoms with Gasteiger partial charge in [-0.25, -0.2) is 0 Å². The van der Waals surface area contributed by atoms with Crippen LogP contribution in [0.2, 0.25) is 0 Å². The molecule has 0 aliphatic heterocycles. The Kier molecular flexibility index (Phi) is 3.10. The second-order valence-corrected chi connectivity index (χ2v) is 2.92. The van der Waals surface area contributed by atoms with E-state index in [2.05, 4.69) is 4.98 Å². The van der Waals surface area contributed by atoms with Gasteiger partial charge in [0.05, 0.1) is 5.69 Å². The van der Waals surface area contributed by atoms with Crippen LogP contribution in [0.25, 0.3) is 0 Å². The summed E-state index contributed by atoms with van der Waals surface area (Å²) in [7, 11) is 0. The van der Waals surface area contributed by atoms with Crippen molar-refractivity contribution in [1.29, 1.82) is 0 Å². The molecule has 0 radical (unpaired) electrons. The Morgan fingerprint density at radius 3 is 2.64 bits per heavy atom. The van der Waals surface area contributed by atoms with Crippen molar-refractivity contribution in [3.05, 3.63) is 29.6 Å². The van der Waals surface area contributed by atoms with Crippen LogP contribution in [0.3, 0.4) is 0 Å². The minimum absolute atomic E-state index is 0.0810. The van der Waals surface area contributed by atoms with Crippen molar-refractivity contribution in [2.45, 2.75) is 25.6 Å². The molecule has 5 heteroatoms. The molecule has 0 fully saturated rings. The first-order chi connectivity index (χ1) is 6.46. The Labute approximate surface area is 79.9 Å². The fourth-order valence-electron chi connectivity index (χ4n) is 1.18. The lowest BCUT2D eigenvalue weighted by Crippen LogP contribution is -2.30. The normalized spacial score (nSPS) is 14.1. The zero-order valence-electron chi connectivity index (χ0n) is 7.67. The molecule has 0 aromatic carbocycles. The molecule has 0 amide bonds. The Bertz CT molecular complexity index is 309. The van der Waals surface area contributed by atoms with Gasteiger partial charge in [0, 0.05) is 6.20 Å². The summed E-state index contributed by atoms with van der Waals surface area (Å²) in [6.07, 6.45) is -2.62. The molecule has 0 spiro atoms. The number of pyridine rings is 1. The first kappa shape index (κ1) is 11.0. The van der Waals surface area contributed by atoms with Gasteiger partial charge in [-0.2, -0.15) is 13.2 Å². The van der Waals surface area contributed by atoms with Gasteiger partial charge in [0.2, 0.25) is 0 Å². The van der Waals surface area contributed by atoms with Crippen molar-refractivity contribution in [1.82, 2.24) is 4.98 Å². The Hall–Kier alpha value is -1.10. The molecule has 1 unspecified atom stereocenters. The average Bonchev–Trinajstić information content (AvgIpc) is 2.15. The molecule has 2 N–H and O–H groups in total. The number of aromatic nitrogens is 1. The van der Waals surface area contributed by atoms with Crippen LogP contribution >= 0.6 is 0 Å². The van der Waals surface area contributed by atoms with Crippen molar-refractivity contribution in [2.24, 2.45) is 5.73 Å². The van der Waals surface area contributed by atoms with Crippen molar-refractivity contribution in [2.75, 3.05) is 0 Å². The average molecular weight is 204 g/mol. The fraction of sp³-hybridized carbons (Fsp3) is 0.444. The van der Waals surface area contributed by atoms with Crippen LogP contribution in [0.15, 0.2) is 18.3 Å². The van der Waals surface area contributed by atoms with Crippen molar-refractivity contribution in [3.8, 4) is 0 Å². The third-order valence-corrected chi connectivity index (χ3v) is 1.95. The number of aryl methyl sites for hydroxylation is 1. The van der Waals surface area contributed by atoms with Gasteiger partial charge in [-0.15, -0.1) is 0 Å². The van der Waals surface area contributed by atoms with E-state index in [0.717, 1.165) is 0 Å². The summed E-state index contributed by atoms with van der Waals surface area (Å²) >= 11 is 0. The smallest absolute Gasteiger partial charge is 0.315 e. The van der Waals surface area contributed by atoms with Crippen molar-refractivity contribution >= 4 is 0 Å². The zero-order chi connectivity index (χ0) is 10.8. The quantitative estimate of drug-likeness (QED) is 0.802. The molecule has 0 aliphatic carbocycles. The van der Waals surface area contributed by atoms with E-state index >= 15 is 0 Å². The third kappa shape index (κ3) is 2.23. The largest absolute Gasteiger partial charge is 0.409 e. The maximum absolute atomic E-state index is 12.3. The van der Waals surface area contributed by atoms with Gasteiger partial charge in [-0.05, 0) is 18.1 Å². The number of halogens is 3. The van der Waals surface area contributed by atoms with Gasteiger partial charge in [-0.3, -0.25) is 4.98 Å². The second kappa shape index (κ2) is 3.96. The Balaban J connectivity index is 3.06. The summed E-state index contributed by atoms with van der Waals surface area (Å²) in [6, 6.07) is 1.22. The number of rotatable bonds is 2. The molecule has 2 nitrogen and oxygen atoms in total. The number of hydrogen-bond donors (Lipinski definition) is 1. The first-order valence-electron chi connectivity index (χ1n) is 4.23. The van der Waals surface area contributed by atoms with Crippen molar-refractivity contribution in [3.63, 3.8) is 0 Å². The first-order valence-corrected chi connectivity index (χ1v) is 4.23. The molecule has 0 aliphatic rings. The Morgan fingerprint density at radius 2 is 2.14 bits per heavy atom. The van der Waals surface area contributed by atoms with Crippen LogP contribution in [-0.4, -0.2) is 11.2 Å². The van der Waals surface area contributed by atoms with E-state index in [1.807, 2.05) is 0 Å². The molecule has 1 atom stereocenters. The molecular formula is C9H11F3N2. The second-order valence-electron chi connectivity index (χ2n) is 2.92. The maximum atomic E-state index is 12.3. The summed E-state index contributed by atoms with van der Waals surface area (Å²) in [5.74, 6) is 0. The summed E-state index contributed by atoms with van der Waals surface area (Å²) in [5, 5.41) is 0. The lowest BCUT2D eigenvalue weighted by atomic mass is 10.1. The van der Waals surface area contributed by atoms with Gasteiger partial charge >= 0.3 is 6.18 Å². The van der Waals surface area contributed by atoms with Crippen LogP contribution in [0.1, 0.15) is 24.2 Å².